The monoisotopic (exact) mass is 391 g/mol. The maximum absolute atomic E-state index is 12.7. The Balaban J connectivity index is 2.31. The molecule has 144 valence electrons. The highest BCUT2D eigenvalue weighted by molar-refractivity contribution is 6.09. The Kier molecular flexibility index (Phi) is 6.00. The van der Waals surface area contributed by atoms with Gasteiger partial charge < -0.3 is 10.1 Å². The summed E-state index contributed by atoms with van der Waals surface area (Å²) >= 11 is 0. The average Bonchev–Trinajstić information content (AvgIpc) is 2.65. The van der Waals surface area contributed by atoms with Gasteiger partial charge in [0.2, 0.25) is 0 Å². The molecule has 0 heterocycles. The van der Waals surface area contributed by atoms with Crippen molar-refractivity contribution in [2.24, 2.45) is 0 Å². The Morgan fingerprint density at radius 1 is 1.29 bits per heavy atom. The number of nitrogens with one attached hydrogen (secondary N) is 1. The first kappa shape index (κ1) is 20.4. The van der Waals surface area contributed by atoms with Crippen molar-refractivity contribution < 1.29 is 27.6 Å². The van der Waals surface area contributed by atoms with E-state index in [1.54, 1.807) is 6.07 Å². The van der Waals surface area contributed by atoms with Crippen molar-refractivity contribution in [1.82, 2.24) is 0 Å². The van der Waals surface area contributed by atoms with Crippen LogP contribution in [0.25, 0.3) is 6.08 Å². The molecule has 0 aromatic heterocycles. The summed E-state index contributed by atoms with van der Waals surface area (Å²) in [5.74, 6) is -0.964. The molecule has 2 aromatic rings. The predicted molar refractivity (Wildman–Crippen MR) is 93.3 cm³/mol. The molecule has 0 saturated heterocycles. The lowest BCUT2D eigenvalue weighted by Gasteiger charge is -2.09. The normalized spacial score (nSPS) is 11.5. The lowest BCUT2D eigenvalue weighted by Crippen LogP contribution is -2.14. The maximum atomic E-state index is 12.7. The van der Waals surface area contributed by atoms with Crippen LogP contribution in [0.2, 0.25) is 0 Å². The first-order chi connectivity index (χ1) is 13.2. The number of carbonyl (C=O) groups is 1. The summed E-state index contributed by atoms with van der Waals surface area (Å²) in [5, 5.41) is 22.4. The highest BCUT2D eigenvalue weighted by Crippen LogP contribution is 2.31. The summed E-state index contributed by atoms with van der Waals surface area (Å²) in [6, 6.07) is 9.32. The van der Waals surface area contributed by atoms with Gasteiger partial charge in [0.25, 0.3) is 5.91 Å². The standard InChI is InChI=1S/C18H12F3N3O4/c1-28-16-6-5-11(8-15(16)24(26)27)7-12(10-22)17(25)23-14-4-2-3-13(9-14)18(19,20)21/h2-9H,1H3,(H,23,25)/b12-7-. The van der Waals surface area contributed by atoms with Gasteiger partial charge in [0, 0.05) is 11.8 Å². The first-order valence-electron chi connectivity index (χ1n) is 7.58. The van der Waals surface area contributed by atoms with Crippen LogP contribution in [0.4, 0.5) is 24.5 Å². The highest BCUT2D eigenvalue weighted by Gasteiger charge is 2.30. The summed E-state index contributed by atoms with van der Waals surface area (Å²) in [7, 11) is 1.25. The first-order valence-corrected chi connectivity index (χ1v) is 7.58. The molecule has 7 nitrogen and oxygen atoms in total. The predicted octanol–water partition coefficient (Wildman–Crippen LogP) is 4.17. The van der Waals surface area contributed by atoms with Crippen LogP contribution in [0.3, 0.4) is 0 Å². The van der Waals surface area contributed by atoms with Crippen molar-refractivity contribution in [3.8, 4) is 11.8 Å². The molecule has 1 amide bonds. The van der Waals surface area contributed by atoms with Gasteiger partial charge in [-0.05, 0) is 35.9 Å². The van der Waals surface area contributed by atoms with Crippen molar-refractivity contribution in [1.29, 1.82) is 5.26 Å². The molecule has 28 heavy (non-hydrogen) atoms. The molecule has 10 heteroatoms. The number of alkyl halides is 3. The largest absolute Gasteiger partial charge is 0.490 e. The molecule has 0 saturated carbocycles. The number of amides is 1. The van der Waals surface area contributed by atoms with Crippen molar-refractivity contribution >= 4 is 23.4 Å². The summed E-state index contributed by atoms with van der Waals surface area (Å²) in [5.41, 5.74) is -1.76. The van der Waals surface area contributed by atoms with E-state index >= 15 is 0 Å². The maximum Gasteiger partial charge on any atom is 0.416 e. The van der Waals surface area contributed by atoms with E-state index in [4.69, 9.17) is 4.74 Å². The number of nitriles is 1. The minimum atomic E-state index is -4.59. The Morgan fingerprint density at radius 3 is 2.57 bits per heavy atom. The van der Waals surface area contributed by atoms with E-state index in [0.29, 0.717) is 0 Å². The van der Waals surface area contributed by atoms with Crippen LogP contribution >= 0.6 is 0 Å². The molecule has 0 aliphatic heterocycles. The fourth-order valence-corrected chi connectivity index (χ4v) is 2.23. The number of ether oxygens (including phenoxy) is 1. The number of halogens is 3. The number of hydrogen-bond acceptors (Lipinski definition) is 5. The van der Waals surface area contributed by atoms with Gasteiger partial charge in [-0.25, -0.2) is 0 Å². The molecule has 2 aromatic carbocycles. The molecule has 0 aliphatic carbocycles. The second kappa shape index (κ2) is 8.22. The van der Waals surface area contributed by atoms with Gasteiger partial charge in [0.05, 0.1) is 17.6 Å². The molecule has 2 rings (SSSR count). The molecule has 0 aliphatic rings. The number of nitrogens with zero attached hydrogens (tertiary/aromatic N) is 2. The lowest BCUT2D eigenvalue weighted by molar-refractivity contribution is -0.385. The number of methoxy groups -OCH3 is 1. The molecule has 0 unspecified atom stereocenters. The third kappa shape index (κ3) is 4.85. The lowest BCUT2D eigenvalue weighted by atomic mass is 10.1. The Bertz CT molecular complexity index is 994. The average molecular weight is 391 g/mol. The van der Waals surface area contributed by atoms with Crippen LogP contribution in [0.5, 0.6) is 5.75 Å². The molecular formula is C18H12F3N3O4. The van der Waals surface area contributed by atoms with Crippen molar-refractivity contribution in [2.75, 3.05) is 12.4 Å². The smallest absolute Gasteiger partial charge is 0.416 e. The summed E-state index contributed by atoms with van der Waals surface area (Å²) in [6.07, 6.45) is -3.51. The van der Waals surface area contributed by atoms with Crippen LogP contribution in [-0.4, -0.2) is 17.9 Å². The zero-order valence-corrected chi connectivity index (χ0v) is 14.3. The van der Waals surface area contributed by atoms with Gasteiger partial charge in [-0.15, -0.1) is 0 Å². The molecule has 0 spiro atoms. The fourth-order valence-electron chi connectivity index (χ4n) is 2.23. The van der Waals surface area contributed by atoms with Crippen LogP contribution in [0.15, 0.2) is 48.0 Å². The second-order valence-electron chi connectivity index (χ2n) is 5.39. The number of benzene rings is 2. The number of anilines is 1. The van der Waals surface area contributed by atoms with Crippen LogP contribution in [0, 0.1) is 21.4 Å². The van der Waals surface area contributed by atoms with Gasteiger partial charge in [-0.1, -0.05) is 12.1 Å². The van der Waals surface area contributed by atoms with Gasteiger partial charge in [0.1, 0.15) is 11.6 Å². The Labute approximate surface area is 156 Å². The fraction of sp³-hybridized carbons (Fsp3) is 0.111. The quantitative estimate of drug-likeness (QED) is 0.356. The summed E-state index contributed by atoms with van der Waals surface area (Å²) in [4.78, 5) is 22.6. The topological polar surface area (TPSA) is 105 Å². The van der Waals surface area contributed by atoms with Gasteiger partial charge in [-0.2, -0.15) is 18.4 Å². The van der Waals surface area contributed by atoms with E-state index in [1.807, 2.05) is 0 Å². The zero-order chi connectivity index (χ0) is 20.9. The van der Waals surface area contributed by atoms with Gasteiger partial charge in [-0.3, -0.25) is 14.9 Å². The molecule has 0 atom stereocenters. The van der Waals surface area contributed by atoms with E-state index in [0.717, 1.165) is 30.3 Å². The number of rotatable bonds is 5. The van der Waals surface area contributed by atoms with Crippen molar-refractivity contribution in [3.05, 3.63) is 69.3 Å². The minimum absolute atomic E-state index is 0.00549. The highest BCUT2D eigenvalue weighted by atomic mass is 19.4. The van der Waals surface area contributed by atoms with Crippen LogP contribution in [0.1, 0.15) is 11.1 Å². The molecule has 1 N–H and O–H groups in total. The van der Waals surface area contributed by atoms with Crippen molar-refractivity contribution in [3.63, 3.8) is 0 Å². The zero-order valence-electron chi connectivity index (χ0n) is 14.3. The molecule has 0 radical (unpaired) electrons. The number of nitro groups is 1. The van der Waals surface area contributed by atoms with E-state index in [1.165, 1.54) is 25.3 Å². The third-order valence-electron chi connectivity index (χ3n) is 3.52. The van der Waals surface area contributed by atoms with Gasteiger partial charge >= 0.3 is 11.9 Å². The van der Waals surface area contributed by atoms with E-state index in [9.17, 15) is 33.3 Å². The summed E-state index contributed by atoms with van der Waals surface area (Å²) in [6.45, 7) is 0. The SMILES string of the molecule is COc1ccc(/C=C(/C#N)C(=O)Nc2cccc(C(F)(F)F)c2)cc1[N+](=O)[O-]. The Morgan fingerprint density at radius 2 is 2.00 bits per heavy atom. The van der Waals surface area contributed by atoms with Crippen LogP contribution in [-0.2, 0) is 11.0 Å². The third-order valence-corrected chi connectivity index (χ3v) is 3.52. The number of carbonyl (C=O) groups excluding carboxylic acids is 1. The minimum Gasteiger partial charge on any atom is -0.490 e. The molecule has 0 fully saturated rings. The number of nitro benzene ring substituents is 1. The number of hydrogen-bond donors (Lipinski definition) is 1. The van der Waals surface area contributed by atoms with Crippen molar-refractivity contribution in [2.45, 2.75) is 6.18 Å². The van der Waals surface area contributed by atoms with Crippen LogP contribution < -0.4 is 10.1 Å². The van der Waals surface area contributed by atoms with E-state index in [2.05, 4.69) is 5.32 Å². The van der Waals surface area contributed by atoms with Gasteiger partial charge in [0.15, 0.2) is 5.75 Å². The summed E-state index contributed by atoms with van der Waals surface area (Å²) < 4.78 is 43.1. The second-order valence-corrected chi connectivity index (χ2v) is 5.39. The molecule has 0 bridgehead atoms. The van der Waals surface area contributed by atoms with E-state index < -0.39 is 28.1 Å². The molecular weight excluding hydrogens is 379 g/mol. The van der Waals surface area contributed by atoms with E-state index in [-0.39, 0.29) is 22.7 Å². The Hall–Kier alpha value is -3.87.